The second kappa shape index (κ2) is 11.6. The molecule has 4 amide bonds. The highest BCUT2D eigenvalue weighted by Crippen LogP contribution is 2.37. The molecule has 0 atom stereocenters. The van der Waals surface area contributed by atoms with Crippen molar-refractivity contribution in [3.63, 3.8) is 0 Å². The van der Waals surface area contributed by atoms with E-state index in [0.29, 0.717) is 21.5 Å². The van der Waals surface area contributed by atoms with E-state index in [-0.39, 0.29) is 44.8 Å². The summed E-state index contributed by atoms with van der Waals surface area (Å²) in [5.74, 6) is -2.93. The lowest BCUT2D eigenvalue weighted by atomic mass is 9.93. The van der Waals surface area contributed by atoms with Crippen molar-refractivity contribution in [1.29, 1.82) is 0 Å². The summed E-state index contributed by atoms with van der Waals surface area (Å²) in [4.78, 5) is 54.0. The first-order valence-electron chi connectivity index (χ1n) is 15.4. The minimum Gasteiger partial charge on any atom is -0.744 e. The van der Waals surface area contributed by atoms with E-state index < -0.39 is 53.7 Å². The first-order valence-corrected chi connectivity index (χ1v) is 18.2. The van der Waals surface area contributed by atoms with E-state index in [2.05, 4.69) is 0 Å². The Balaban J connectivity index is 1.18. The molecule has 0 radical (unpaired) electrons. The van der Waals surface area contributed by atoms with Crippen LogP contribution in [0.2, 0.25) is 0 Å². The third-order valence-electron chi connectivity index (χ3n) is 9.04. The zero-order chi connectivity index (χ0) is 36.7. The molecule has 14 heteroatoms. The lowest BCUT2D eigenvalue weighted by molar-refractivity contribution is 0.0877. The third kappa shape index (κ3) is 5.12. The van der Waals surface area contributed by atoms with Crippen LogP contribution in [0, 0.1) is 0 Å². The molecule has 0 saturated heterocycles. The number of benzene rings is 6. The molecule has 2 aliphatic heterocycles. The van der Waals surface area contributed by atoms with Crippen molar-refractivity contribution in [2.45, 2.75) is 9.79 Å². The Morgan fingerprint density at radius 1 is 0.442 bits per heavy atom. The summed E-state index contributed by atoms with van der Waals surface area (Å²) in [6.45, 7) is 0. The number of rotatable bonds is 6. The van der Waals surface area contributed by atoms with Crippen LogP contribution in [-0.2, 0) is 20.2 Å². The molecule has 0 bridgehead atoms. The van der Waals surface area contributed by atoms with Crippen molar-refractivity contribution in [3.05, 3.63) is 143 Å². The predicted molar refractivity (Wildman–Crippen MR) is 188 cm³/mol. The van der Waals surface area contributed by atoms with Crippen LogP contribution >= 0.6 is 0 Å². The Hall–Kier alpha value is -6.32. The maximum Gasteiger partial charge on any atom is 0.265 e. The molecule has 6 aromatic carbocycles. The highest BCUT2D eigenvalue weighted by atomic mass is 32.2. The van der Waals surface area contributed by atoms with E-state index in [1.165, 1.54) is 36.4 Å². The third-order valence-corrected chi connectivity index (χ3v) is 10.8. The Bertz CT molecular complexity index is 2600. The number of hydrogen-bond donors (Lipinski definition) is 0. The van der Waals surface area contributed by atoms with Crippen molar-refractivity contribution in [2.75, 3.05) is 9.80 Å². The molecular weight excluding hydrogens is 709 g/mol. The first-order chi connectivity index (χ1) is 24.7. The summed E-state index contributed by atoms with van der Waals surface area (Å²) < 4.78 is 74.9. The van der Waals surface area contributed by atoms with Gasteiger partial charge in [0.25, 0.3) is 23.6 Å². The van der Waals surface area contributed by atoms with Crippen LogP contribution in [0.5, 0.6) is 0 Å². The van der Waals surface area contributed by atoms with Gasteiger partial charge in [0.05, 0.1) is 21.2 Å². The average Bonchev–Trinajstić information content (AvgIpc) is 3.11. The number of nitrogens with zero attached hydrogens (tertiary/aromatic N) is 2. The molecule has 0 saturated carbocycles. The molecule has 52 heavy (non-hydrogen) atoms. The lowest BCUT2D eigenvalue weighted by Gasteiger charge is -2.28. The van der Waals surface area contributed by atoms with Crippen LogP contribution < -0.4 is 9.80 Å². The Morgan fingerprint density at radius 3 is 1.04 bits per heavy atom. The summed E-state index contributed by atoms with van der Waals surface area (Å²) in [7, 11) is -10.5. The summed E-state index contributed by atoms with van der Waals surface area (Å²) in [6, 6.07) is 26.2. The molecule has 2 heterocycles. The van der Waals surface area contributed by atoms with Crippen molar-refractivity contribution in [3.8, 4) is 0 Å². The molecule has 0 aliphatic carbocycles. The summed E-state index contributed by atoms with van der Waals surface area (Å²) >= 11 is 0. The second-order valence-corrected chi connectivity index (χ2v) is 14.7. The van der Waals surface area contributed by atoms with Crippen LogP contribution in [0.1, 0.15) is 52.6 Å². The molecule has 0 unspecified atom stereocenters. The van der Waals surface area contributed by atoms with Gasteiger partial charge in [0.15, 0.2) is 0 Å². The Labute approximate surface area is 295 Å². The molecule has 256 valence electrons. The summed E-state index contributed by atoms with van der Waals surface area (Å²) in [5, 5.41) is 2.20. The van der Waals surface area contributed by atoms with Gasteiger partial charge in [-0.1, -0.05) is 72.8 Å². The van der Waals surface area contributed by atoms with E-state index >= 15 is 0 Å². The topological polar surface area (TPSA) is 189 Å². The molecule has 12 nitrogen and oxygen atoms in total. The van der Waals surface area contributed by atoms with Crippen LogP contribution in [0.3, 0.4) is 0 Å². The molecule has 0 spiro atoms. The van der Waals surface area contributed by atoms with Crippen LogP contribution in [0.4, 0.5) is 11.4 Å². The van der Waals surface area contributed by atoms with Gasteiger partial charge in [0, 0.05) is 33.0 Å². The zero-order valence-corrected chi connectivity index (χ0v) is 28.0. The van der Waals surface area contributed by atoms with Crippen molar-refractivity contribution >= 4 is 88.9 Å². The van der Waals surface area contributed by atoms with Crippen LogP contribution in [0.15, 0.2) is 119 Å². The number of anilines is 2. The van der Waals surface area contributed by atoms with Gasteiger partial charge in [-0.2, -0.15) is 0 Å². The van der Waals surface area contributed by atoms with E-state index in [9.17, 15) is 45.1 Å². The van der Waals surface area contributed by atoms with Crippen molar-refractivity contribution in [1.82, 2.24) is 0 Å². The van der Waals surface area contributed by atoms with Gasteiger partial charge in [-0.3, -0.25) is 19.2 Å². The summed E-state index contributed by atoms with van der Waals surface area (Å²) in [6.07, 6.45) is 2.14. The Morgan fingerprint density at radius 2 is 0.750 bits per heavy atom. The van der Waals surface area contributed by atoms with Crippen LogP contribution in [-0.4, -0.2) is 49.6 Å². The standard InChI is InChI=1S/C38H22N2O10S2/c41-35-27-9-1-5-23-6-2-10-28(33(23)27)36(42)39(35)25-17-15-21(31(19-25)51(45,46)47)13-14-22-16-18-26(20-32(22)52(48,49)50)40-37(43)29-11-3-7-24-8-4-12-30(34(24)29)38(40)44/h1-20H,(H,45,46,47)(H,48,49,50)/p-2/b14-13+. The van der Waals surface area contributed by atoms with Gasteiger partial charge < -0.3 is 9.11 Å². The summed E-state index contributed by atoms with van der Waals surface area (Å²) in [5.41, 5.74) is -0.0919. The maximum atomic E-state index is 13.5. The van der Waals surface area contributed by atoms with E-state index in [4.69, 9.17) is 0 Å². The normalized spacial score (nSPS) is 14.7. The Kier molecular flexibility index (Phi) is 7.34. The molecule has 8 rings (SSSR count). The molecule has 2 aliphatic rings. The predicted octanol–water partition coefficient (Wildman–Crippen LogP) is 5.57. The fourth-order valence-corrected chi connectivity index (χ4v) is 8.12. The minimum absolute atomic E-state index is 0.201. The minimum atomic E-state index is -5.26. The van der Waals surface area contributed by atoms with E-state index in [1.807, 2.05) is 0 Å². The van der Waals surface area contributed by atoms with Gasteiger partial charge in [-0.15, -0.1) is 0 Å². The largest absolute Gasteiger partial charge is 0.744 e. The number of hydrogen-bond acceptors (Lipinski definition) is 10. The van der Waals surface area contributed by atoms with Gasteiger partial charge >= 0.3 is 0 Å². The quantitative estimate of drug-likeness (QED) is 0.119. The van der Waals surface area contributed by atoms with Crippen molar-refractivity contribution < 1.29 is 45.1 Å². The molecule has 6 aromatic rings. The SMILES string of the molecule is O=C1c2cccc3cccc(c23)C(=O)N1c1ccc(/C=C/c2ccc(N3C(=O)c4cccc5cccc(c45)C3=O)cc2S(=O)(=O)[O-])c(S(=O)(=O)[O-])c1. The monoisotopic (exact) mass is 728 g/mol. The van der Waals surface area contributed by atoms with Gasteiger partial charge in [-0.25, -0.2) is 26.6 Å². The molecule has 0 fully saturated rings. The van der Waals surface area contributed by atoms with E-state index in [0.717, 1.165) is 46.2 Å². The van der Waals surface area contributed by atoms with Crippen molar-refractivity contribution in [2.24, 2.45) is 0 Å². The highest BCUT2D eigenvalue weighted by molar-refractivity contribution is 7.86. The molecule has 0 aromatic heterocycles. The lowest BCUT2D eigenvalue weighted by Crippen LogP contribution is -2.40. The fourth-order valence-electron chi connectivity index (χ4n) is 6.74. The van der Waals surface area contributed by atoms with Gasteiger partial charge in [0.1, 0.15) is 20.2 Å². The highest BCUT2D eigenvalue weighted by Gasteiger charge is 2.36. The molecular formula is C38H20N2O10S2-2. The number of amides is 4. The number of imide groups is 2. The maximum absolute atomic E-state index is 13.5. The van der Waals surface area contributed by atoms with Gasteiger partial charge in [-0.05, 0) is 70.4 Å². The fraction of sp³-hybridized carbons (Fsp3) is 0. The number of carbonyl (C=O) groups excluding carboxylic acids is 4. The first kappa shape index (κ1) is 32.9. The van der Waals surface area contributed by atoms with E-state index in [1.54, 1.807) is 48.5 Å². The average molecular weight is 729 g/mol. The van der Waals surface area contributed by atoms with Gasteiger partial charge in [0.2, 0.25) is 0 Å². The second-order valence-electron chi connectivity index (χ2n) is 12.0. The number of carbonyl (C=O) groups is 4. The van der Waals surface area contributed by atoms with Crippen LogP contribution in [0.25, 0.3) is 33.7 Å². The molecule has 0 N–H and O–H groups in total. The zero-order valence-electron chi connectivity index (χ0n) is 26.3. The smallest absolute Gasteiger partial charge is 0.265 e.